The van der Waals surface area contributed by atoms with Gasteiger partial charge in [0, 0.05) is 25.3 Å². The average Bonchev–Trinajstić information content (AvgIpc) is 2.69. The molecule has 0 bridgehead atoms. The van der Waals surface area contributed by atoms with Crippen molar-refractivity contribution in [3.8, 4) is 5.75 Å². The van der Waals surface area contributed by atoms with Crippen molar-refractivity contribution in [2.45, 2.75) is 30.6 Å². The Morgan fingerprint density at radius 2 is 1.78 bits per heavy atom. The summed E-state index contributed by atoms with van der Waals surface area (Å²) in [6, 6.07) is 11.9. The second-order valence-corrected chi connectivity index (χ2v) is 8.43. The second kappa shape index (κ2) is 8.71. The molecule has 1 aliphatic rings. The second-order valence-electron chi connectivity index (χ2n) is 6.66. The van der Waals surface area contributed by atoms with Crippen LogP contribution in [0, 0.1) is 5.82 Å². The zero-order valence-corrected chi connectivity index (χ0v) is 16.3. The number of sulfonamides is 1. The van der Waals surface area contributed by atoms with E-state index in [1.54, 1.807) is 0 Å². The predicted molar refractivity (Wildman–Crippen MR) is 104 cm³/mol. The monoisotopic (exact) mass is 392 g/mol. The highest BCUT2D eigenvalue weighted by Gasteiger charge is 2.16. The van der Waals surface area contributed by atoms with E-state index >= 15 is 0 Å². The van der Waals surface area contributed by atoms with Gasteiger partial charge in [0.1, 0.15) is 0 Å². The SMILES string of the molecule is COc1ccc(S(=O)(=O)NCCc2ccc(N3CCCCC3)cc2)cc1F. The minimum absolute atomic E-state index is 0.0164. The lowest BCUT2D eigenvalue weighted by molar-refractivity contribution is 0.385. The molecule has 27 heavy (non-hydrogen) atoms. The van der Waals surface area contributed by atoms with E-state index in [-0.39, 0.29) is 17.2 Å². The van der Waals surface area contributed by atoms with Gasteiger partial charge in [0.05, 0.1) is 12.0 Å². The van der Waals surface area contributed by atoms with Crippen LogP contribution in [0.4, 0.5) is 10.1 Å². The summed E-state index contributed by atoms with van der Waals surface area (Å²) in [5.41, 5.74) is 2.27. The molecule has 0 atom stereocenters. The number of nitrogens with one attached hydrogen (secondary N) is 1. The van der Waals surface area contributed by atoms with E-state index in [2.05, 4.69) is 21.8 Å². The van der Waals surface area contributed by atoms with Gasteiger partial charge in [-0.25, -0.2) is 17.5 Å². The number of ether oxygens (including phenoxy) is 1. The standard InChI is InChI=1S/C20H25FN2O3S/c1-26-20-10-9-18(15-19(20)21)27(24,25)22-12-11-16-5-7-17(8-6-16)23-13-3-2-4-14-23/h5-10,15,22H,2-4,11-14H2,1H3. The molecule has 3 rings (SSSR count). The fourth-order valence-corrected chi connectivity index (χ4v) is 4.30. The van der Waals surface area contributed by atoms with Crippen molar-refractivity contribution < 1.29 is 17.5 Å². The summed E-state index contributed by atoms with van der Waals surface area (Å²) >= 11 is 0. The Morgan fingerprint density at radius 1 is 1.07 bits per heavy atom. The molecule has 0 aromatic heterocycles. The summed E-state index contributed by atoms with van der Waals surface area (Å²) in [4.78, 5) is 2.27. The first-order chi connectivity index (χ1) is 13.0. The maximum absolute atomic E-state index is 13.7. The van der Waals surface area contributed by atoms with Crippen LogP contribution in [0.2, 0.25) is 0 Å². The van der Waals surface area contributed by atoms with Crippen molar-refractivity contribution in [3.63, 3.8) is 0 Å². The first-order valence-electron chi connectivity index (χ1n) is 9.17. The van der Waals surface area contributed by atoms with Crippen molar-refractivity contribution in [1.29, 1.82) is 0 Å². The largest absolute Gasteiger partial charge is 0.494 e. The van der Waals surface area contributed by atoms with Gasteiger partial charge in [0.15, 0.2) is 11.6 Å². The average molecular weight is 392 g/mol. The van der Waals surface area contributed by atoms with Crippen molar-refractivity contribution >= 4 is 15.7 Å². The van der Waals surface area contributed by atoms with Crippen molar-refractivity contribution in [2.24, 2.45) is 0 Å². The molecule has 2 aromatic rings. The zero-order valence-electron chi connectivity index (χ0n) is 15.4. The molecule has 0 saturated carbocycles. The lowest BCUT2D eigenvalue weighted by Gasteiger charge is -2.28. The summed E-state index contributed by atoms with van der Waals surface area (Å²) in [5.74, 6) is -0.684. The highest BCUT2D eigenvalue weighted by atomic mass is 32.2. The number of piperidine rings is 1. The van der Waals surface area contributed by atoms with E-state index in [1.807, 2.05) is 12.1 Å². The summed E-state index contributed by atoms with van der Waals surface area (Å²) in [6.45, 7) is 2.44. The van der Waals surface area contributed by atoms with Gasteiger partial charge in [-0.1, -0.05) is 12.1 Å². The predicted octanol–water partition coefficient (Wildman–Crippen LogP) is 3.35. The first kappa shape index (κ1) is 19.6. The highest BCUT2D eigenvalue weighted by Crippen LogP contribution is 2.21. The number of halogens is 1. The molecule has 1 fully saturated rings. The van der Waals surface area contributed by atoms with Crippen LogP contribution in [0.1, 0.15) is 24.8 Å². The van der Waals surface area contributed by atoms with E-state index in [0.29, 0.717) is 6.42 Å². The van der Waals surface area contributed by atoms with Crippen LogP contribution < -0.4 is 14.4 Å². The molecule has 1 aliphatic heterocycles. The molecule has 7 heteroatoms. The maximum Gasteiger partial charge on any atom is 0.240 e. The minimum atomic E-state index is -3.76. The van der Waals surface area contributed by atoms with E-state index in [9.17, 15) is 12.8 Å². The van der Waals surface area contributed by atoms with Crippen LogP contribution >= 0.6 is 0 Å². The zero-order chi connectivity index (χ0) is 19.3. The number of methoxy groups -OCH3 is 1. The van der Waals surface area contributed by atoms with Gasteiger partial charge in [-0.3, -0.25) is 0 Å². The quantitative estimate of drug-likeness (QED) is 0.785. The molecule has 5 nitrogen and oxygen atoms in total. The van der Waals surface area contributed by atoms with Crippen molar-refractivity contribution in [3.05, 3.63) is 53.8 Å². The molecular formula is C20H25FN2O3S. The number of anilines is 1. The fraction of sp³-hybridized carbons (Fsp3) is 0.400. The Hall–Kier alpha value is -2.12. The van der Waals surface area contributed by atoms with E-state index < -0.39 is 15.8 Å². The fourth-order valence-electron chi connectivity index (χ4n) is 3.25. The molecule has 1 N–H and O–H groups in total. The molecule has 0 amide bonds. The highest BCUT2D eigenvalue weighted by molar-refractivity contribution is 7.89. The Kier molecular flexibility index (Phi) is 6.34. The van der Waals surface area contributed by atoms with E-state index in [4.69, 9.17) is 4.74 Å². The molecule has 1 heterocycles. The normalized spacial score (nSPS) is 15.0. The summed E-state index contributed by atoms with van der Waals surface area (Å²) in [5, 5.41) is 0. The first-order valence-corrected chi connectivity index (χ1v) is 10.6. The van der Waals surface area contributed by atoms with Gasteiger partial charge in [0.2, 0.25) is 10.0 Å². The van der Waals surface area contributed by atoms with E-state index in [1.165, 1.54) is 44.2 Å². The molecule has 1 saturated heterocycles. The Balaban J connectivity index is 1.56. The Morgan fingerprint density at radius 3 is 2.41 bits per heavy atom. The van der Waals surface area contributed by atoms with Gasteiger partial charge in [-0.05, 0) is 61.6 Å². The molecule has 2 aromatic carbocycles. The number of benzene rings is 2. The summed E-state index contributed by atoms with van der Waals surface area (Å²) in [6.07, 6.45) is 4.33. The molecule has 0 aliphatic carbocycles. The van der Waals surface area contributed by atoms with Crippen LogP contribution in [0.3, 0.4) is 0 Å². The minimum Gasteiger partial charge on any atom is -0.494 e. The molecule has 146 valence electrons. The topological polar surface area (TPSA) is 58.6 Å². The smallest absolute Gasteiger partial charge is 0.240 e. The van der Waals surface area contributed by atoms with Crippen LogP contribution in [-0.2, 0) is 16.4 Å². The van der Waals surface area contributed by atoms with Gasteiger partial charge in [-0.2, -0.15) is 0 Å². The van der Waals surface area contributed by atoms with Crippen molar-refractivity contribution in [2.75, 3.05) is 31.6 Å². The van der Waals surface area contributed by atoms with Gasteiger partial charge >= 0.3 is 0 Å². The third-order valence-electron chi connectivity index (χ3n) is 4.80. The lowest BCUT2D eigenvalue weighted by Crippen LogP contribution is -2.29. The molecular weight excluding hydrogens is 367 g/mol. The summed E-state index contributed by atoms with van der Waals surface area (Å²) in [7, 11) is -2.42. The van der Waals surface area contributed by atoms with Crippen LogP contribution in [-0.4, -0.2) is 35.2 Å². The molecule has 0 unspecified atom stereocenters. The number of rotatable bonds is 7. The van der Waals surface area contributed by atoms with Gasteiger partial charge in [0.25, 0.3) is 0 Å². The third kappa shape index (κ3) is 4.99. The number of nitrogens with zero attached hydrogens (tertiary/aromatic N) is 1. The Labute approximate surface area is 160 Å². The van der Waals surface area contributed by atoms with E-state index in [0.717, 1.165) is 24.7 Å². The molecule has 0 spiro atoms. The van der Waals surface area contributed by atoms with Crippen molar-refractivity contribution in [1.82, 2.24) is 4.72 Å². The van der Waals surface area contributed by atoms with Gasteiger partial charge in [-0.15, -0.1) is 0 Å². The Bertz CT molecular complexity index is 863. The summed E-state index contributed by atoms with van der Waals surface area (Å²) < 4.78 is 45.7. The maximum atomic E-state index is 13.7. The number of hydrogen-bond acceptors (Lipinski definition) is 4. The lowest BCUT2D eigenvalue weighted by atomic mass is 10.1. The van der Waals surface area contributed by atoms with Crippen LogP contribution in [0.5, 0.6) is 5.75 Å². The van der Waals surface area contributed by atoms with Crippen LogP contribution in [0.25, 0.3) is 0 Å². The molecule has 0 radical (unpaired) electrons. The number of hydrogen-bond donors (Lipinski definition) is 1. The van der Waals surface area contributed by atoms with Gasteiger partial charge < -0.3 is 9.64 Å². The van der Waals surface area contributed by atoms with Crippen LogP contribution in [0.15, 0.2) is 47.4 Å². The third-order valence-corrected chi connectivity index (χ3v) is 6.26.